The maximum Gasteiger partial charge on any atom is 0.269 e. The molecule has 18 heavy (non-hydrogen) atoms. The molecule has 0 aliphatic heterocycles. The molecular formula is C13H10FNO3. The number of rotatable bonds is 3. The molecule has 0 aromatic heterocycles. The molecule has 0 unspecified atom stereocenters. The Balaban J connectivity index is 2.33. The summed E-state index contributed by atoms with van der Waals surface area (Å²) in [7, 11) is 0. The Hall–Kier alpha value is -2.27. The fourth-order valence-electron chi connectivity index (χ4n) is 1.65. The van der Waals surface area contributed by atoms with Crippen molar-refractivity contribution in [1.82, 2.24) is 0 Å². The van der Waals surface area contributed by atoms with Gasteiger partial charge in [-0.2, -0.15) is 0 Å². The minimum Gasteiger partial charge on any atom is -0.384 e. The Morgan fingerprint density at radius 2 is 1.78 bits per heavy atom. The van der Waals surface area contributed by atoms with Crippen LogP contribution in [0.5, 0.6) is 0 Å². The molecule has 2 aromatic carbocycles. The molecule has 2 rings (SSSR count). The monoisotopic (exact) mass is 247 g/mol. The van der Waals surface area contributed by atoms with Crippen LogP contribution in [0.2, 0.25) is 0 Å². The third-order valence-corrected chi connectivity index (χ3v) is 2.58. The maximum absolute atomic E-state index is 12.8. The molecule has 0 spiro atoms. The van der Waals surface area contributed by atoms with Gasteiger partial charge in [0.15, 0.2) is 0 Å². The highest BCUT2D eigenvalue weighted by molar-refractivity contribution is 5.38. The van der Waals surface area contributed by atoms with Crippen LogP contribution in [0.4, 0.5) is 10.1 Å². The average Bonchev–Trinajstić information content (AvgIpc) is 2.39. The van der Waals surface area contributed by atoms with E-state index in [4.69, 9.17) is 0 Å². The molecule has 0 radical (unpaired) electrons. The molecule has 1 N–H and O–H groups in total. The lowest BCUT2D eigenvalue weighted by Crippen LogP contribution is -2.00. The number of nitro groups is 1. The van der Waals surface area contributed by atoms with Gasteiger partial charge in [-0.25, -0.2) is 4.39 Å². The van der Waals surface area contributed by atoms with Gasteiger partial charge in [-0.1, -0.05) is 24.3 Å². The molecule has 0 aliphatic rings. The first-order valence-electron chi connectivity index (χ1n) is 5.26. The van der Waals surface area contributed by atoms with Crippen molar-refractivity contribution in [2.75, 3.05) is 0 Å². The van der Waals surface area contributed by atoms with Crippen molar-refractivity contribution in [3.8, 4) is 0 Å². The third kappa shape index (κ3) is 2.52. The topological polar surface area (TPSA) is 63.4 Å². The van der Waals surface area contributed by atoms with Gasteiger partial charge in [0.1, 0.15) is 11.9 Å². The van der Waals surface area contributed by atoms with Crippen LogP contribution in [-0.4, -0.2) is 10.0 Å². The maximum atomic E-state index is 12.8. The Morgan fingerprint density at radius 1 is 1.11 bits per heavy atom. The second-order valence-corrected chi connectivity index (χ2v) is 3.81. The van der Waals surface area contributed by atoms with E-state index >= 15 is 0 Å². The zero-order valence-electron chi connectivity index (χ0n) is 9.29. The number of nitrogens with zero attached hydrogens (tertiary/aromatic N) is 1. The summed E-state index contributed by atoms with van der Waals surface area (Å²) in [5.74, 6) is -0.398. The zero-order chi connectivity index (χ0) is 13.1. The summed E-state index contributed by atoms with van der Waals surface area (Å²) < 4.78 is 12.8. The summed E-state index contributed by atoms with van der Waals surface area (Å²) in [4.78, 5) is 10.1. The number of halogens is 1. The van der Waals surface area contributed by atoms with Gasteiger partial charge in [0.05, 0.1) is 4.92 Å². The SMILES string of the molecule is O=[N+]([O-])c1cccc([C@@H](O)c2ccc(F)cc2)c1. The number of aliphatic hydroxyl groups is 1. The predicted octanol–water partition coefficient (Wildman–Crippen LogP) is 2.82. The molecule has 5 heteroatoms. The van der Waals surface area contributed by atoms with Crippen LogP contribution in [0.3, 0.4) is 0 Å². The molecule has 0 fully saturated rings. The first-order chi connectivity index (χ1) is 8.58. The summed E-state index contributed by atoms with van der Waals surface area (Å²) in [5, 5.41) is 20.7. The number of hydrogen-bond donors (Lipinski definition) is 1. The van der Waals surface area contributed by atoms with E-state index in [0.29, 0.717) is 11.1 Å². The fourth-order valence-corrected chi connectivity index (χ4v) is 1.65. The minimum absolute atomic E-state index is 0.0892. The smallest absolute Gasteiger partial charge is 0.269 e. The quantitative estimate of drug-likeness (QED) is 0.670. The van der Waals surface area contributed by atoms with Gasteiger partial charge in [-0.3, -0.25) is 10.1 Å². The number of benzene rings is 2. The van der Waals surface area contributed by atoms with Crippen molar-refractivity contribution in [2.45, 2.75) is 6.10 Å². The fraction of sp³-hybridized carbons (Fsp3) is 0.0769. The summed E-state index contributed by atoms with van der Waals surface area (Å²) in [6, 6.07) is 11.1. The van der Waals surface area contributed by atoms with Crippen molar-refractivity contribution in [3.63, 3.8) is 0 Å². The lowest BCUT2D eigenvalue weighted by Gasteiger charge is -2.11. The Bertz CT molecular complexity index is 569. The van der Waals surface area contributed by atoms with E-state index in [0.717, 1.165) is 0 Å². The molecule has 4 nitrogen and oxygen atoms in total. The van der Waals surface area contributed by atoms with E-state index in [9.17, 15) is 19.6 Å². The third-order valence-electron chi connectivity index (χ3n) is 2.58. The van der Waals surface area contributed by atoms with Crippen molar-refractivity contribution in [1.29, 1.82) is 0 Å². The van der Waals surface area contributed by atoms with Gasteiger partial charge in [0.2, 0.25) is 0 Å². The van der Waals surface area contributed by atoms with Crippen LogP contribution in [0, 0.1) is 15.9 Å². The Kier molecular flexibility index (Phi) is 3.34. The summed E-state index contributed by atoms with van der Waals surface area (Å²) in [5.41, 5.74) is 0.793. The second kappa shape index (κ2) is 4.93. The summed E-state index contributed by atoms with van der Waals surface area (Å²) in [6.07, 6.45) is -1.01. The van der Waals surface area contributed by atoms with Crippen molar-refractivity contribution < 1.29 is 14.4 Å². The lowest BCUT2D eigenvalue weighted by molar-refractivity contribution is -0.385. The van der Waals surface area contributed by atoms with E-state index in [1.165, 1.54) is 42.5 Å². The van der Waals surface area contributed by atoms with Gasteiger partial charge >= 0.3 is 0 Å². The number of hydrogen-bond acceptors (Lipinski definition) is 3. The van der Waals surface area contributed by atoms with E-state index in [2.05, 4.69) is 0 Å². The molecule has 0 amide bonds. The van der Waals surface area contributed by atoms with Gasteiger partial charge in [0.25, 0.3) is 5.69 Å². The Labute approximate surface area is 102 Å². The highest BCUT2D eigenvalue weighted by Gasteiger charge is 2.14. The molecule has 0 heterocycles. The molecule has 0 saturated carbocycles. The van der Waals surface area contributed by atoms with Gasteiger partial charge < -0.3 is 5.11 Å². The zero-order valence-corrected chi connectivity index (χ0v) is 9.29. The standard InChI is InChI=1S/C13H10FNO3/c14-11-6-4-9(5-7-11)13(16)10-2-1-3-12(8-10)15(17)18/h1-8,13,16H/t13-/m0/s1. The predicted molar refractivity (Wildman–Crippen MR) is 63.6 cm³/mol. The average molecular weight is 247 g/mol. The molecule has 0 aliphatic carbocycles. The van der Waals surface area contributed by atoms with Crippen molar-refractivity contribution in [3.05, 3.63) is 75.6 Å². The summed E-state index contributed by atoms with van der Waals surface area (Å²) >= 11 is 0. The highest BCUT2D eigenvalue weighted by Crippen LogP contribution is 2.25. The van der Waals surface area contributed by atoms with Gasteiger partial charge in [0, 0.05) is 12.1 Å². The van der Waals surface area contributed by atoms with Crippen LogP contribution in [0.15, 0.2) is 48.5 Å². The molecule has 92 valence electrons. The van der Waals surface area contributed by atoms with E-state index in [1.807, 2.05) is 0 Å². The normalized spacial score (nSPS) is 12.1. The minimum atomic E-state index is -1.01. The lowest BCUT2D eigenvalue weighted by atomic mass is 10.0. The summed E-state index contributed by atoms with van der Waals surface area (Å²) in [6.45, 7) is 0. The second-order valence-electron chi connectivity index (χ2n) is 3.81. The van der Waals surface area contributed by atoms with Crippen molar-refractivity contribution >= 4 is 5.69 Å². The molecule has 2 aromatic rings. The van der Waals surface area contributed by atoms with E-state index in [1.54, 1.807) is 6.07 Å². The van der Waals surface area contributed by atoms with E-state index in [-0.39, 0.29) is 5.69 Å². The van der Waals surface area contributed by atoms with E-state index < -0.39 is 16.8 Å². The molecule has 0 saturated heterocycles. The Morgan fingerprint density at radius 3 is 2.39 bits per heavy atom. The molecular weight excluding hydrogens is 237 g/mol. The highest BCUT2D eigenvalue weighted by atomic mass is 19.1. The number of nitro benzene ring substituents is 1. The van der Waals surface area contributed by atoms with Crippen LogP contribution in [0.25, 0.3) is 0 Å². The first-order valence-corrected chi connectivity index (χ1v) is 5.26. The molecule has 1 atom stereocenters. The first kappa shape index (κ1) is 12.2. The number of non-ortho nitro benzene ring substituents is 1. The number of aliphatic hydroxyl groups excluding tert-OH is 1. The van der Waals surface area contributed by atoms with Crippen LogP contribution in [-0.2, 0) is 0 Å². The van der Waals surface area contributed by atoms with Crippen LogP contribution in [0.1, 0.15) is 17.2 Å². The molecule has 0 bridgehead atoms. The van der Waals surface area contributed by atoms with Crippen LogP contribution < -0.4 is 0 Å². The van der Waals surface area contributed by atoms with Crippen molar-refractivity contribution in [2.24, 2.45) is 0 Å². The largest absolute Gasteiger partial charge is 0.384 e. The van der Waals surface area contributed by atoms with Gasteiger partial charge in [-0.05, 0) is 23.3 Å². The van der Waals surface area contributed by atoms with Crippen LogP contribution >= 0.6 is 0 Å². The van der Waals surface area contributed by atoms with Gasteiger partial charge in [-0.15, -0.1) is 0 Å².